The summed E-state index contributed by atoms with van der Waals surface area (Å²) in [6, 6.07) is 18.8. The van der Waals surface area contributed by atoms with E-state index in [0.29, 0.717) is 58.6 Å². The number of guanidine groups is 1. The number of nitrogens with zero attached hydrogens (tertiary/aromatic N) is 2. The van der Waals surface area contributed by atoms with Gasteiger partial charge in [0.25, 0.3) is 26.1 Å². The lowest BCUT2D eigenvalue weighted by Crippen LogP contribution is -2.58. The molecule has 0 saturated carbocycles. The molecular formula is C64H75N11O14S2. The van der Waals surface area contributed by atoms with Gasteiger partial charge in [-0.3, -0.25) is 52.7 Å². The molecule has 4 aliphatic rings. The van der Waals surface area contributed by atoms with Gasteiger partial charge in [0, 0.05) is 47.3 Å². The minimum absolute atomic E-state index is 0.0111. The van der Waals surface area contributed by atoms with Gasteiger partial charge in [0.05, 0.1) is 34.2 Å². The number of aliphatic imine (C=N–C) groups is 2. The third kappa shape index (κ3) is 17.1. The van der Waals surface area contributed by atoms with Crippen LogP contribution in [0.1, 0.15) is 118 Å². The van der Waals surface area contributed by atoms with Crippen molar-refractivity contribution < 1.29 is 64.6 Å². The van der Waals surface area contributed by atoms with E-state index in [-0.39, 0.29) is 60.9 Å². The molecule has 3 heterocycles. The average Bonchev–Trinajstić information content (AvgIpc) is 1.63. The Morgan fingerprint density at radius 2 is 1.33 bits per heavy atom. The fourth-order valence-electron chi connectivity index (χ4n) is 11.3. The predicted molar refractivity (Wildman–Crippen MR) is 341 cm³/mol. The molecule has 1 aliphatic carbocycles. The molecule has 8 rings (SSSR count). The van der Waals surface area contributed by atoms with Crippen LogP contribution in [-0.4, -0.2) is 128 Å². The van der Waals surface area contributed by atoms with Crippen molar-refractivity contribution in [2.24, 2.45) is 21.5 Å². The van der Waals surface area contributed by atoms with Gasteiger partial charge < -0.3 is 53.8 Å². The first kappa shape index (κ1) is 67.6. The van der Waals surface area contributed by atoms with E-state index in [1.54, 1.807) is 54.6 Å². The molecule has 0 aromatic heterocycles. The molecule has 4 aromatic rings. The predicted octanol–water partition coefficient (Wildman–Crippen LogP) is 4.69. The zero-order valence-electron chi connectivity index (χ0n) is 50.7. The van der Waals surface area contributed by atoms with E-state index < -0.39 is 110 Å². The molecule has 482 valence electrons. The van der Waals surface area contributed by atoms with Crippen molar-refractivity contribution in [1.82, 2.24) is 31.9 Å². The molecule has 1 fully saturated rings. The first-order valence-electron chi connectivity index (χ1n) is 29.6. The van der Waals surface area contributed by atoms with Crippen molar-refractivity contribution in [2.75, 3.05) is 25.0 Å². The van der Waals surface area contributed by atoms with E-state index >= 15 is 0 Å². The first-order valence-corrected chi connectivity index (χ1v) is 32.5. The molecule has 27 heteroatoms. The number of nitrogens with two attached hydrogens (primary N) is 2. The largest absolute Gasteiger partial charge is 0.481 e. The van der Waals surface area contributed by atoms with Crippen LogP contribution < -0.4 is 48.7 Å². The van der Waals surface area contributed by atoms with Gasteiger partial charge in [0.1, 0.15) is 24.2 Å². The number of carboxylic acid groups (broad SMARTS) is 1. The Morgan fingerprint density at radius 3 is 2.00 bits per heavy atom. The van der Waals surface area contributed by atoms with Crippen molar-refractivity contribution >= 4 is 90.3 Å². The van der Waals surface area contributed by atoms with Gasteiger partial charge in [-0.1, -0.05) is 82.3 Å². The highest BCUT2D eigenvalue weighted by Crippen LogP contribution is 2.46. The average molecular weight is 1290 g/mol. The maximum atomic E-state index is 14.3. The highest BCUT2D eigenvalue weighted by atomic mass is 32.2. The number of nitrogens with one attached hydrogen (secondary N) is 7. The van der Waals surface area contributed by atoms with Crippen LogP contribution in [-0.2, 0) is 66.3 Å². The minimum atomic E-state index is -4.48. The number of anilines is 1. The maximum Gasteiger partial charge on any atom is 0.305 e. The lowest BCUT2D eigenvalue weighted by Gasteiger charge is -2.26. The normalized spacial score (nSPS) is 21.2. The number of aliphatic carboxylic acids is 1. The molecule has 3 aliphatic heterocycles. The highest BCUT2D eigenvalue weighted by Gasteiger charge is 2.38. The zero-order valence-corrected chi connectivity index (χ0v) is 52.3. The van der Waals surface area contributed by atoms with E-state index in [9.17, 15) is 64.6 Å². The van der Waals surface area contributed by atoms with Gasteiger partial charge in [-0.2, -0.15) is 16.8 Å². The van der Waals surface area contributed by atoms with Crippen LogP contribution in [0.5, 0.6) is 0 Å². The van der Waals surface area contributed by atoms with Crippen LogP contribution in [0.25, 0.3) is 5.57 Å². The quantitative estimate of drug-likeness (QED) is 0.0247. The summed E-state index contributed by atoms with van der Waals surface area (Å²) in [4.78, 5) is 103. The number of carboxylic acids is 1. The minimum Gasteiger partial charge on any atom is -0.481 e. The molecule has 0 radical (unpaired) electrons. The van der Waals surface area contributed by atoms with Crippen molar-refractivity contribution in [3.63, 3.8) is 0 Å². The number of rotatable bonds is 20. The number of unbranched alkanes of at least 4 members (excludes halogenated alkanes) is 1. The Hall–Kier alpha value is -9.31. The monoisotopic (exact) mass is 1290 g/mol. The number of fused-ring (bicyclic) bond motifs is 2. The standard InChI is InChI=1S/C64H75N11O14S2/c1-63(2)44-33-42(90(84,85)86)24-26-46(44)70-52(63)28-22-38-14-10-15-39(23-29-53-64(3,4)45-34-43(91(87,88)89)25-27-47(45)71-53)56(38)40-18-20-41(21-19-40)57(79)67-30-9-8-16-49-59(81)73-48(17-11-31-68-62(65)66)58(80)69-36-54(76)72-51(35-55(77)78)61(83)75-50(60(82)74-49)32-37-12-6-5-7-13-37/h5-7,12-13,18-29,33-34,48-51,70H,8-11,14-17,30-32,35-36H2,1-4H3,(H,67,79)(H,69,80)(H,72,76)(H,73,81)(H,74,82)(H,75,83)(H,77,78)(H4,65,66,68)(H,84,85,86)(H,87,88,89)/b29-23+,38-22+,52-28+. The summed E-state index contributed by atoms with van der Waals surface area (Å²) < 4.78 is 68.1. The van der Waals surface area contributed by atoms with Gasteiger partial charge in [0.2, 0.25) is 29.5 Å². The van der Waals surface area contributed by atoms with E-state index in [2.05, 4.69) is 42.2 Å². The van der Waals surface area contributed by atoms with Crippen LogP contribution in [0.4, 0.5) is 11.4 Å². The van der Waals surface area contributed by atoms with E-state index in [4.69, 9.17) is 16.5 Å². The van der Waals surface area contributed by atoms with Crippen LogP contribution in [0, 0.1) is 0 Å². The van der Waals surface area contributed by atoms with Gasteiger partial charge in [-0.15, -0.1) is 0 Å². The SMILES string of the molecule is CC1(C)C(/C=C/C2=C(c3ccc(C(=O)NCCCCC4NC(=O)C(Cc5ccccc5)NC(=O)C(CC(=O)O)NC(=O)CNC(=O)C(CCCN=C(N)N)NC4=O)cc3)C(=C/C=C3/Nc4ccc(S(=O)(=O)O)cc4C3(C)C)/CCC2)=Nc2ccc(S(=O)(=O)O)cc21. The summed E-state index contributed by atoms with van der Waals surface area (Å²) in [5.41, 5.74) is 18.1. The smallest absolute Gasteiger partial charge is 0.305 e. The number of allylic oxidation sites excluding steroid dienone is 8. The zero-order chi connectivity index (χ0) is 66.0. The summed E-state index contributed by atoms with van der Waals surface area (Å²) in [7, 11) is -8.95. The molecule has 91 heavy (non-hydrogen) atoms. The van der Waals surface area contributed by atoms with Crippen molar-refractivity contribution in [3.8, 4) is 0 Å². The molecular weight excluding hydrogens is 1210 g/mol. The summed E-state index contributed by atoms with van der Waals surface area (Å²) in [5, 5.41) is 28.7. The third-order valence-corrected chi connectivity index (χ3v) is 18.1. The van der Waals surface area contributed by atoms with Crippen LogP contribution in [0.15, 0.2) is 152 Å². The number of carbonyl (C=O) groups excluding carboxylic acids is 6. The highest BCUT2D eigenvalue weighted by molar-refractivity contribution is 7.86. The van der Waals surface area contributed by atoms with E-state index in [0.717, 1.165) is 34.4 Å². The number of benzene rings is 4. The summed E-state index contributed by atoms with van der Waals surface area (Å²) in [5.74, 6) is -6.32. The lowest BCUT2D eigenvalue weighted by molar-refractivity contribution is -0.141. The van der Waals surface area contributed by atoms with Gasteiger partial charge in [-0.05, 0) is 151 Å². The molecule has 4 aromatic carbocycles. The number of amides is 6. The topological polar surface area (TPSA) is 409 Å². The molecule has 14 N–H and O–H groups in total. The van der Waals surface area contributed by atoms with Crippen LogP contribution in [0.2, 0.25) is 0 Å². The van der Waals surface area contributed by atoms with Gasteiger partial charge >= 0.3 is 5.97 Å². The molecule has 1 saturated heterocycles. The Kier molecular flexibility index (Phi) is 21.3. The van der Waals surface area contributed by atoms with Crippen LogP contribution in [0.3, 0.4) is 0 Å². The second kappa shape index (κ2) is 28.7. The molecule has 0 bridgehead atoms. The third-order valence-electron chi connectivity index (χ3n) is 16.4. The second-order valence-electron chi connectivity index (χ2n) is 23.7. The number of hydrogen-bond donors (Lipinski definition) is 12. The Labute approximate surface area is 527 Å². The number of hydrogen-bond acceptors (Lipinski definition) is 14. The fourth-order valence-corrected chi connectivity index (χ4v) is 12.3. The molecule has 25 nitrogen and oxygen atoms in total. The van der Waals surface area contributed by atoms with E-state index in [1.165, 1.54) is 24.3 Å². The molecule has 4 atom stereocenters. The Morgan fingerprint density at radius 1 is 0.703 bits per heavy atom. The molecule has 0 spiro atoms. The Bertz CT molecular complexity index is 3950. The van der Waals surface area contributed by atoms with Crippen LogP contribution >= 0.6 is 0 Å². The summed E-state index contributed by atoms with van der Waals surface area (Å²) in [6.45, 7) is 7.25. The molecule has 6 amide bonds. The fraction of sp³-hybridized carbons (Fsp3) is 0.359. The van der Waals surface area contributed by atoms with Crippen molar-refractivity contribution in [2.45, 2.75) is 137 Å². The maximum absolute atomic E-state index is 14.3. The summed E-state index contributed by atoms with van der Waals surface area (Å²) in [6.07, 6.45) is 9.73. The summed E-state index contributed by atoms with van der Waals surface area (Å²) >= 11 is 0. The van der Waals surface area contributed by atoms with Gasteiger partial charge in [0.15, 0.2) is 5.96 Å². The van der Waals surface area contributed by atoms with Crippen molar-refractivity contribution in [1.29, 1.82) is 0 Å². The van der Waals surface area contributed by atoms with Crippen molar-refractivity contribution in [3.05, 3.63) is 160 Å². The van der Waals surface area contributed by atoms with E-state index in [1.807, 2.05) is 64.1 Å². The second-order valence-corrected chi connectivity index (χ2v) is 26.5. The Balaban J connectivity index is 1.02. The number of carbonyl (C=O) groups is 7. The van der Waals surface area contributed by atoms with Gasteiger partial charge in [-0.25, -0.2) is 0 Å². The first-order chi connectivity index (χ1) is 43.0. The molecule has 4 unspecified atom stereocenters. The lowest BCUT2D eigenvalue weighted by atomic mass is 9.79.